The third-order valence-corrected chi connectivity index (χ3v) is 7.22. The third kappa shape index (κ3) is 4.88. The van der Waals surface area contributed by atoms with Gasteiger partial charge in [-0.15, -0.1) is 10.2 Å². The lowest BCUT2D eigenvalue weighted by Gasteiger charge is -2.28. The molecule has 5 rings (SSSR count). The van der Waals surface area contributed by atoms with E-state index in [2.05, 4.69) is 20.4 Å². The van der Waals surface area contributed by atoms with Gasteiger partial charge in [-0.3, -0.25) is 0 Å². The molecule has 5 nitrogen and oxygen atoms in total. The molecule has 1 aromatic heterocycles. The Hall–Kier alpha value is -2.33. The van der Waals surface area contributed by atoms with Gasteiger partial charge in [-0.1, -0.05) is 0 Å². The Balaban J connectivity index is 1.24. The fourth-order valence-electron chi connectivity index (χ4n) is 5.69. The fraction of sp³-hybridized carbons (Fsp3) is 0.583. The third-order valence-electron chi connectivity index (χ3n) is 7.22. The van der Waals surface area contributed by atoms with Crippen LogP contribution in [0, 0.1) is 29.3 Å². The molecule has 1 aromatic carbocycles. The van der Waals surface area contributed by atoms with Gasteiger partial charge in [0.05, 0.1) is 6.10 Å². The molecule has 0 amide bonds. The van der Waals surface area contributed by atoms with Crippen LogP contribution in [0.15, 0.2) is 18.2 Å². The number of ether oxygens (including phenoxy) is 1. The predicted octanol–water partition coefficient (Wildman–Crippen LogP) is 5.19. The normalized spacial score (nSPS) is 27.4. The lowest BCUT2D eigenvalue weighted by atomic mass is 10.0. The Morgan fingerprint density at radius 3 is 2.47 bits per heavy atom. The van der Waals surface area contributed by atoms with Crippen LogP contribution in [0.2, 0.25) is 0 Å². The summed E-state index contributed by atoms with van der Waals surface area (Å²) in [4.78, 5) is 2.47. The van der Waals surface area contributed by atoms with E-state index in [1.807, 2.05) is 0 Å². The van der Waals surface area contributed by atoms with E-state index in [0.29, 0.717) is 30.1 Å². The first-order valence-electron chi connectivity index (χ1n) is 11.8. The van der Waals surface area contributed by atoms with Crippen molar-refractivity contribution in [3.05, 3.63) is 41.2 Å². The van der Waals surface area contributed by atoms with Gasteiger partial charge in [0.25, 0.3) is 6.43 Å². The molecule has 1 N–H and O–H groups in total. The van der Waals surface area contributed by atoms with Gasteiger partial charge in [-0.2, -0.15) is 0 Å². The van der Waals surface area contributed by atoms with Crippen molar-refractivity contribution in [3.63, 3.8) is 0 Å². The van der Waals surface area contributed by atoms with E-state index in [1.54, 1.807) is 0 Å². The number of fused-ring (bicyclic) bond motifs is 1. The summed E-state index contributed by atoms with van der Waals surface area (Å²) in [6.45, 7) is 3.81. The van der Waals surface area contributed by atoms with Crippen molar-refractivity contribution in [2.24, 2.45) is 11.8 Å². The summed E-state index contributed by atoms with van der Waals surface area (Å²) in [6.07, 6.45) is 2.56. The smallest absolute Gasteiger partial charge is 0.266 e. The van der Waals surface area contributed by atoms with Crippen molar-refractivity contribution in [2.75, 3.05) is 31.6 Å². The number of rotatable bonds is 6. The van der Waals surface area contributed by atoms with Crippen molar-refractivity contribution >= 4 is 5.82 Å². The summed E-state index contributed by atoms with van der Waals surface area (Å²) in [5.74, 6) is -2.81. The number of nitrogens with one attached hydrogen (secondary N) is 1. The molecule has 0 bridgehead atoms. The van der Waals surface area contributed by atoms with Crippen LogP contribution in [0.25, 0.3) is 11.3 Å². The minimum absolute atomic E-state index is 0.0668. The van der Waals surface area contributed by atoms with E-state index < -0.39 is 40.7 Å². The number of benzene rings is 1. The summed E-state index contributed by atoms with van der Waals surface area (Å²) in [5, 5.41) is 10.8. The second-order valence-electron chi connectivity index (χ2n) is 9.62. The largest absolute Gasteiger partial charge is 0.377 e. The lowest BCUT2D eigenvalue weighted by molar-refractivity contribution is -0.00303. The Morgan fingerprint density at radius 2 is 1.79 bits per heavy atom. The van der Waals surface area contributed by atoms with Crippen LogP contribution in [0.4, 0.5) is 27.8 Å². The molecule has 1 saturated carbocycles. The minimum Gasteiger partial charge on any atom is -0.377 e. The maximum Gasteiger partial charge on any atom is 0.266 e. The molecule has 2 aliphatic heterocycles. The standard InChI is InChI=1S/C24H27F5N4O/c25-15-7-18(22(27)20(26)8-15)23-19(24(28)29)9-21(31-32-23)30-16-5-13-10-33(11-14(13)6-16)12-17-3-1-2-4-34-17/h7-9,13-14,16-17,24H,1-6,10-12H2,(H,30,31)/t13-,14+,16?,17?. The highest BCUT2D eigenvalue weighted by Gasteiger charge is 2.41. The highest BCUT2D eigenvalue weighted by Crippen LogP contribution is 2.40. The van der Waals surface area contributed by atoms with E-state index in [4.69, 9.17) is 4.74 Å². The molecular weight excluding hydrogens is 455 g/mol. The molecule has 34 heavy (non-hydrogen) atoms. The van der Waals surface area contributed by atoms with Gasteiger partial charge in [-0.05, 0) is 56.1 Å². The van der Waals surface area contributed by atoms with Gasteiger partial charge in [-0.25, -0.2) is 22.0 Å². The molecule has 0 radical (unpaired) electrons. The quantitative estimate of drug-likeness (QED) is 0.454. The fourth-order valence-corrected chi connectivity index (χ4v) is 5.69. The van der Waals surface area contributed by atoms with Gasteiger partial charge in [0.15, 0.2) is 11.6 Å². The number of likely N-dealkylation sites (tertiary alicyclic amines) is 1. The first-order valence-corrected chi connectivity index (χ1v) is 11.8. The number of hydrogen-bond acceptors (Lipinski definition) is 5. The van der Waals surface area contributed by atoms with Crippen LogP contribution in [-0.2, 0) is 4.74 Å². The average Bonchev–Trinajstić information content (AvgIpc) is 3.34. The number of nitrogens with zero attached hydrogens (tertiary/aromatic N) is 3. The zero-order chi connectivity index (χ0) is 23.8. The van der Waals surface area contributed by atoms with E-state index in [-0.39, 0.29) is 11.9 Å². The van der Waals surface area contributed by atoms with Crippen LogP contribution in [-0.4, -0.2) is 53.5 Å². The van der Waals surface area contributed by atoms with Gasteiger partial charge in [0.1, 0.15) is 17.3 Å². The van der Waals surface area contributed by atoms with Crippen molar-refractivity contribution in [1.82, 2.24) is 15.1 Å². The zero-order valence-electron chi connectivity index (χ0n) is 18.6. The number of hydrogen-bond donors (Lipinski definition) is 1. The van der Waals surface area contributed by atoms with Crippen LogP contribution < -0.4 is 5.32 Å². The zero-order valence-corrected chi connectivity index (χ0v) is 18.6. The number of aromatic nitrogens is 2. The highest BCUT2D eigenvalue weighted by molar-refractivity contribution is 5.65. The van der Waals surface area contributed by atoms with Crippen LogP contribution in [0.3, 0.4) is 0 Å². The molecule has 4 atom stereocenters. The first-order chi connectivity index (χ1) is 16.4. The Kier molecular flexibility index (Phi) is 6.70. The van der Waals surface area contributed by atoms with Gasteiger partial charge >= 0.3 is 0 Å². The van der Waals surface area contributed by atoms with E-state index in [0.717, 1.165) is 58.0 Å². The van der Waals surface area contributed by atoms with E-state index in [9.17, 15) is 22.0 Å². The predicted molar refractivity (Wildman–Crippen MR) is 116 cm³/mol. The molecule has 184 valence electrons. The Labute approximate surface area is 194 Å². The Bertz CT molecular complexity index is 1020. The molecule has 2 unspecified atom stereocenters. The topological polar surface area (TPSA) is 50.3 Å². The SMILES string of the molecule is Fc1cc(F)c(F)c(-c2nnc(NC3C[C@@H]4CN(CC5CCCCO5)C[C@@H]4C3)cc2C(F)F)c1. The first kappa shape index (κ1) is 23.4. The molecule has 1 aliphatic carbocycles. The molecule has 0 spiro atoms. The van der Waals surface area contributed by atoms with Crippen molar-refractivity contribution in [1.29, 1.82) is 0 Å². The molecular formula is C24H27F5N4O. The van der Waals surface area contributed by atoms with Crippen LogP contribution in [0.5, 0.6) is 0 Å². The summed E-state index contributed by atoms with van der Waals surface area (Å²) in [6, 6.07) is 2.15. The van der Waals surface area contributed by atoms with Crippen molar-refractivity contribution in [3.8, 4) is 11.3 Å². The summed E-state index contributed by atoms with van der Waals surface area (Å²) in [7, 11) is 0. The summed E-state index contributed by atoms with van der Waals surface area (Å²) >= 11 is 0. The monoisotopic (exact) mass is 482 g/mol. The van der Waals surface area contributed by atoms with Crippen molar-refractivity contribution < 1.29 is 26.7 Å². The van der Waals surface area contributed by atoms with Crippen LogP contribution in [0.1, 0.15) is 44.1 Å². The molecule has 2 saturated heterocycles. The summed E-state index contributed by atoms with van der Waals surface area (Å²) in [5.41, 5.74) is -1.87. The second kappa shape index (κ2) is 9.73. The number of halogens is 5. The summed E-state index contributed by atoms with van der Waals surface area (Å²) < 4.78 is 74.7. The number of alkyl halides is 2. The Morgan fingerprint density at radius 1 is 1.03 bits per heavy atom. The van der Waals surface area contributed by atoms with Crippen molar-refractivity contribution in [2.45, 2.75) is 50.7 Å². The molecule has 3 aliphatic rings. The maximum absolute atomic E-state index is 14.2. The highest BCUT2D eigenvalue weighted by atomic mass is 19.3. The number of anilines is 1. The van der Waals surface area contributed by atoms with E-state index >= 15 is 0 Å². The minimum atomic E-state index is -3.02. The van der Waals surface area contributed by atoms with Gasteiger partial charge in [0, 0.05) is 49.5 Å². The van der Waals surface area contributed by atoms with Crippen LogP contribution >= 0.6 is 0 Å². The van der Waals surface area contributed by atoms with Gasteiger partial charge < -0.3 is 15.0 Å². The second-order valence-corrected chi connectivity index (χ2v) is 9.62. The molecule has 3 heterocycles. The molecule has 2 aromatic rings. The molecule has 10 heteroatoms. The molecule has 3 fully saturated rings. The van der Waals surface area contributed by atoms with Gasteiger partial charge in [0.2, 0.25) is 0 Å². The lowest BCUT2D eigenvalue weighted by Crippen LogP contribution is -2.35. The average molecular weight is 482 g/mol. The van der Waals surface area contributed by atoms with E-state index in [1.165, 1.54) is 6.42 Å². The maximum atomic E-state index is 14.2.